The molecule has 1 aromatic carbocycles. The molecule has 0 saturated carbocycles. The monoisotopic (exact) mass is 668 g/mol. The predicted molar refractivity (Wildman–Crippen MR) is 169 cm³/mol. The zero-order chi connectivity index (χ0) is 34.5. The Hall–Kier alpha value is -4.98. The predicted octanol–water partition coefficient (Wildman–Crippen LogP) is -0.313. The van der Waals surface area contributed by atoms with E-state index in [2.05, 4.69) is 41.1 Å². The number of aryl methyl sites for hydroxylation is 1. The highest BCUT2D eigenvalue weighted by molar-refractivity contribution is 5.84. The minimum atomic E-state index is -1.26. The number of anilines is 2. The van der Waals surface area contributed by atoms with Gasteiger partial charge in [-0.15, -0.1) is 5.10 Å². The van der Waals surface area contributed by atoms with Gasteiger partial charge in [0, 0.05) is 13.6 Å². The minimum absolute atomic E-state index is 0.214. The number of ether oxygens (including phenoxy) is 4. The molecule has 19 heteroatoms. The molecular weight excluding hydrogens is 628 g/mol. The van der Waals surface area contributed by atoms with E-state index in [-0.39, 0.29) is 24.0 Å². The Bertz CT molecular complexity index is 1710. The average molecular weight is 669 g/mol. The first-order chi connectivity index (χ1) is 23.1. The number of methoxy groups -OCH3 is 1. The molecule has 1 aliphatic heterocycles. The third-order valence-corrected chi connectivity index (χ3v) is 7.67. The third kappa shape index (κ3) is 7.13. The maximum absolute atomic E-state index is 12.9. The average Bonchev–Trinajstić information content (AvgIpc) is 3.81. The second kappa shape index (κ2) is 14.8. The highest BCUT2D eigenvalue weighted by Gasteiger charge is 2.54. The van der Waals surface area contributed by atoms with Gasteiger partial charge in [0.15, 0.2) is 47.3 Å². The number of nitrogens with one attached hydrogen (secondary N) is 2. The second-order valence-electron chi connectivity index (χ2n) is 11.2. The number of aromatic nitrogens is 8. The summed E-state index contributed by atoms with van der Waals surface area (Å²) in [5.41, 5.74) is 13.3. The van der Waals surface area contributed by atoms with Crippen LogP contribution in [0.4, 0.5) is 11.8 Å². The maximum Gasteiger partial charge on any atom is 0.323 e. The summed E-state index contributed by atoms with van der Waals surface area (Å²) in [5.74, 6) is -0.0411. The van der Waals surface area contributed by atoms with Crippen molar-refractivity contribution < 1.29 is 33.6 Å². The van der Waals surface area contributed by atoms with Crippen molar-refractivity contribution in [2.75, 3.05) is 31.4 Å². The van der Waals surface area contributed by atoms with E-state index in [0.717, 1.165) is 11.3 Å². The van der Waals surface area contributed by atoms with E-state index >= 15 is 0 Å². The molecule has 0 bridgehead atoms. The topological polar surface area (TPSA) is 255 Å². The van der Waals surface area contributed by atoms with Crippen LogP contribution in [0, 0.1) is 0 Å². The quantitative estimate of drug-likeness (QED) is 0.108. The van der Waals surface area contributed by atoms with Crippen molar-refractivity contribution in [1.29, 1.82) is 0 Å². The van der Waals surface area contributed by atoms with Crippen LogP contribution >= 0.6 is 0 Å². The van der Waals surface area contributed by atoms with Gasteiger partial charge in [-0.05, 0) is 55.3 Å². The van der Waals surface area contributed by atoms with Crippen molar-refractivity contribution in [2.45, 2.75) is 76.4 Å². The van der Waals surface area contributed by atoms with Crippen LogP contribution in [0.3, 0.4) is 0 Å². The summed E-state index contributed by atoms with van der Waals surface area (Å²) >= 11 is 0. The van der Waals surface area contributed by atoms with Crippen LogP contribution in [0.1, 0.15) is 44.5 Å². The zero-order valence-electron chi connectivity index (χ0n) is 27.2. The number of fused-ring (bicyclic) bond motifs is 1. The number of carbonyl (C=O) groups excluding carboxylic acids is 2. The fraction of sp³-hybridized carbons (Fsp3) is 0.517. The molecule has 0 radical (unpaired) electrons. The van der Waals surface area contributed by atoms with Crippen LogP contribution in [-0.4, -0.2) is 108 Å². The Morgan fingerprint density at radius 1 is 1.08 bits per heavy atom. The lowest BCUT2D eigenvalue weighted by Crippen LogP contribution is -2.43. The van der Waals surface area contributed by atoms with Crippen LogP contribution < -0.4 is 26.8 Å². The normalized spacial score (nSPS) is 21.0. The number of hydrogen-bond donors (Lipinski definition) is 5. The van der Waals surface area contributed by atoms with Crippen molar-refractivity contribution in [3.63, 3.8) is 0 Å². The van der Waals surface area contributed by atoms with Gasteiger partial charge in [-0.3, -0.25) is 14.2 Å². The summed E-state index contributed by atoms with van der Waals surface area (Å²) in [6.45, 7) is 4.91. The molecule has 258 valence electrons. The van der Waals surface area contributed by atoms with Gasteiger partial charge in [-0.1, -0.05) is 12.1 Å². The molecule has 1 aliphatic rings. The molecule has 1 saturated heterocycles. The molecule has 3 aromatic heterocycles. The van der Waals surface area contributed by atoms with Crippen molar-refractivity contribution in [3.05, 3.63) is 42.0 Å². The number of carbonyl (C=O) groups is 2. The van der Waals surface area contributed by atoms with E-state index < -0.39 is 54.6 Å². The first-order valence-corrected chi connectivity index (χ1v) is 15.3. The minimum Gasteiger partial charge on any atom is -0.497 e. The first-order valence-electron chi connectivity index (χ1n) is 15.3. The second-order valence-corrected chi connectivity index (χ2v) is 11.2. The van der Waals surface area contributed by atoms with E-state index in [0.29, 0.717) is 24.3 Å². The van der Waals surface area contributed by atoms with Gasteiger partial charge >= 0.3 is 11.9 Å². The summed E-state index contributed by atoms with van der Waals surface area (Å²) < 4.78 is 26.4. The zero-order valence-corrected chi connectivity index (χ0v) is 27.2. The Morgan fingerprint density at radius 2 is 1.77 bits per heavy atom. The third-order valence-electron chi connectivity index (χ3n) is 7.67. The number of imidazole rings is 1. The lowest BCUT2D eigenvalue weighted by atomic mass is 10.1. The van der Waals surface area contributed by atoms with Crippen LogP contribution in [-0.2, 0) is 36.8 Å². The number of aliphatic hydroxyl groups excluding tert-OH is 1. The molecule has 0 spiro atoms. The molecule has 19 nitrogen and oxygen atoms in total. The fourth-order valence-electron chi connectivity index (χ4n) is 5.16. The SMILES string of the molecule is CCn1nnnc1[C@H]1O[C@@H](n2cnc3c(NC(CO)Cc4ccc(OC)cc4)nc(NC)nc32)[C@H](OC(=O)[C@H](C)N)[C@@H]1OC(=O)[C@H](C)N. The standard InChI is InChI=1S/C29H40N12O7/c1-6-41-25(37-38-39-41)21-20(47-27(43)14(2)30)22(48-28(44)15(3)31)26(46-21)40-13-33-19-23(35-29(32-4)36-24(19)40)34-17(12-42)11-16-7-9-18(45-5)10-8-16/h7-10,13-15,17,20-22,26,42H,6,11-12,30-31H2,1-5H3,(H2,32,34,35,36)/t14-,15-,17?,20+,21-,22+,26+/m0/s1. The number of esters is 2. The number of aliphatic hydroxyl groups is 1. The molecule has 4 heterocycles. The van der Waals surface area contributed by atoms with Gasteiger partial charge in [-0.2, -0.15) is 9.97 Å². The van der Waals surface area contributed by atoms with Crippen molar-refractivity contribution >= 4 is 34.9 Å². The van der Waals surface area contributed by atoms with Crippen molar-refractivity contribution in [3.8, 4) is 5.75 Å². The summed E-state index contributed by atoms with van der Waals surface area (Å²) in [6.07, 6.45) is -2.85. The van der Waals surface area contributed by atoms with Gasteiger partial charge in [0.05, 0.1) is 26.1 Å². The molecule has 7 N–H and O–H groups in total. The summed E-state index contributed by atoms with van der Waals surface area (Å²) in [5, 5.41) is 28.3. The highest BCUT2D eigenvalue weighted by Crippen LogP contribution is 2.43. The molecule has 1 unspecified atom stereocenters. The molecule has 48 heavy (non-hydrogen) atoms. The number of rotatable bonds is 14. The molecule has 7 atom stereocenters. The largest absolute Gasteiger partial charge is 0.497 e. The van der Waals surface area contributed by atoms with Crippen molar-refractivity contribution in [1.82, 2.24) is 39.7 Å². The molecule has 0 amide bonds. The number of benzene rings is 1. The molecular formula is C29H40N12O7. The molecule has 1 fully saturated rings. The fourth-order valence-corrected chi connectivity index (χ4v) is 5.16. The van der Waals surface area contributed by atoms with Gasteiger partial charge in [0.25, 0.3) is 0 Å². The van der Waals surface area contributed by atoms with Crippen molar-refractivity contribution in [2.24, 2.45) is 11.5 Å². The maximum atomic E-state index is 12.9. The Balaban J connectivity index is 1.56. The summed E-state index contributed by atoms with van der Waals surface area (Å²) in [4.78, 5) is 39.5. The Morgan fingerprint density at radius 3 is 2.38 bits per heavy atom. The Kier molecular flexibility index (Phi) is 10.6. The van der Waals surface area contributed by atoms with E-state index in [1.807, 2.05) is 31.2 Å². The van der Waals surface area contributed by atoms with Crippen LogP contribution in [0.5, 0.6) is 5.75 Å². The first kappa shape index (κ1) is 34.4. The lowest BCUT2D eigenvalue weighted by molar-refractivity contribution is -0.169. The molecule has 0 aliphatic carbocycles. The van der Waals surface area contributed by atoms with E-state index in [9.17, 15) is 14.7 Å². The molecule has 5 rings (SSSR count). The van der Waals surface area contributed by atoms with E-state index in [4.69, 9.17) is 30.4 Å². The van der Waals surface area contributed by atoms with Crippen LogP contribution in [0.15, 0.2) is 30.6 Å². The van der Waals surface area contributed by atoms with E-state index in [1.165, 1.54) is 29.4 Å². The molecule has 4 aromatic rings. The van der Waals surface area contributed by atoms with E-state index in [1.54, 1.807) is 14.2 Å². The smallest absolute Gasteiger partial charge is 0.323 e. The number of tetrazole rings is 1. The summed E-state index contributed by atoms with van der Waals surface area (Å²) in [7, 11) is 3.24. The lowest BCUT2D eigenvalue weighted by Gasteiger charge is -2.25. The van der Waals surface area contributed by atoms with Crippen LogP contribution in [0.25, 0.3) is 11.2 Å². The van der Waals surface area contributed by atoms with Gasteiger partial charge in [-0.25, -0.2) is 9.67 Å². The number of nitrogens with two attached hydrogens (primary N) is 2. The van der Waals surface area contributed by atoms with Gasteiger partial charge in [0.1, 0.15) is 17.8 Å². The highest BCUT2D eigenvalue weighted by atomic mass is 16.6. The van der Waals surface area contributed by atoms with Gasteiger partial charge in [0.2, 0.25) is 5.95 Å². The number of nitrogens with zero attached hydrogens (tertiary/aromatic N) is 8. The Labute approximate surface area is 275 Å². The van der Waals surface area contributed by atoms with Crippen LogP contribution in [0.2, 0.25) is 0 Å². The summed E-state index contributed by atoms with van der Waals surface area (Å²) in [6, 6.07) is 5.05. The number of hydrogen-bond acceptors (Lipinski definition) is 17. The van der Waals surface area contributed by atoms with Gasteiger partial charge < -0.3 is 46.2 Å².